The maximum absolute atomic E-state index is 8.92. The lowest BCUT2D eigenvalue weighted by molar-refractivity contribution is 0.276. The maximum atomic E-state index is 8.92. The Kier molecular flexibility index (Phi) is 3.07. The van der Waals surface area contributed by atoms with Crippen LogP contribution in [-0.4, -0.2) is 25.1 Å². The van der Waals surface area contributed by atoms with E-state index in [2.05, 4.69) is 15.3 Å². The van der Waals surface area contributed by atoms with E-state index in [-0.39, 0.29) is 6.61 Å². The van der Waals surface area contributed by atoms with Gasteiger partial charge in [-0.3, -0.25) is 0 Å². The van der Waals surface area contributed by atoms with Gasteiger partial charge in [-0.25, -0.2) is 9.67 Å². The Labute approximate surface area is 109 Å². The van der Waals surface area contributed by atoms with Crippen LogP contribution in [0.25, 0.3) is 11.5 Å². The van der Waals surface area contributed by atoms with Gasteiger partial charge in [0.05, 0.1) is 19.3 Å². The Balaban J connectivity index is 1.78. The van der Waals surface area contributed by atoms with E-state index in [1.54, 1.807) is 17.1 Å². The molecule has 0 atom stereocenters. The normalized spacial score (nSPS) is 10.8. The van der Waals surface area contributed by atoms with E-state index < -0.39 is 0 Å². The molecule has 0 aliphatic carbocycles. The third kappa shape index (κ3) is 2.53. The number of hydrogen-bond acceptors (Lipinski definition) is 5. The second-order valence-corrected chi connectivity index (χ2v) is 4.08. The van der Waals surface area contributed by atoms with E-state index in [0.29, 0.717) is 18.1 Å². The highest BCUT2D eigenvalue weighted by atomic mass is 16.3. The maximum Gasteiger partial charge on any atom is 0.226 e. The van der Waals surface area contributed by atoms with Crippen LogP contribution in [-0.2, 0) is 13.2 Å². The van der Waals surface area contributed by atoms with Gasteiger partial charge < -0.3 is 9.52 Å². The van der Waals surface area contributed by atoms with Gasteiger partial charge in [0.1, 0.15) is 17.7 Å². The summed E-state index contributed by atoms with van der Waals surface area (Å²) in [5.74, 6) is 0.582. The minimum atomic E-state index is -0.117. The van der Waals surface area contributed by atoms with Crippen LogP contribution in [0.15, 0.2) is 47.2 Å². The van der Waals surface area contributed by atoms with Gasteiger partial charge in [0.25, 0.3) is 0 Å². The third-order valence-electron chi connectivity index (χ3n) is 2.64. The molecule has 6 heteroatoms. The highest BCUT2D eigenvalue weighted by molar-refractivity contribution is 5.52. The van der Waals surface area contributed by atoms with Gasteiger partial charge in [0, 0.05) is 5.56 Å². The number of benzene rings is 1. The summed E-state index contributed by atoms with van der Waals surface area (Å²) >= 11 is 0. The largest absolute Gasteiger partial charge is 0.444 e. The lowest BCUT2D eigenvalue weighted by atomic mass is 10.2. The van der Waals surface area contributed by atoms with Gasteiger partial charge in [-0.1, -0.05) is 23.4 Å². The van der Waals surface area contributed by atoms with Gasteiger partial charge in [-0.2, -0.15) is 0 Å². The SMILES string of the molecule is OCc1cn(Cc2coc(-c3ccccc3)n2)nn1. The van der Waals surface area contributed by atoms with Gasteiger partial charge in [-0.05, 0) is 12.1 Å². The molecule has 96 valence electrons. The van der Waals surface area contributed by atoms with Crippen LogP contribution >= 0.6 is 0 Å². The fourth-order valence-corrected chi connectivity index (χ4v) is 1.75. The summed E-state index contributed by atoms with van der Waals surface area (Å²) in [4.78, 5) is 4.39. The molecule has 3 aromatic rings. The highest BCUT2D eigenvalue weighted by Crippen LogP contribution is 2.18. The molecule has 0 amide bonds. The van der Waals surface area contributed by atoms with Gasteiger partial charge in [0.15, 0.2) is 0 Å². The van der Waals surface area contributed by atoms with E-state index >= 15 is 0 Å². The molecular formula is C13H12N4O2. The summed E-state index contributed by atoms with van der Waals surface area (Å²) in [5, 5.41) is 16.6. The first-order valence-electron chi connectivity index (χ1n) is 5.85. The predicted molar refractivity (Wildman–Crippen MR) is 67.0 cm³/mol. The lowest BCUT2D eigenvalue weighted by Gasteiger charge is -1.94. The van der Waals surface area contributed by atoms with Crippen molar-refractivity contribution in [3.8, 4) is 11.5 Å². The zero-order valence-electron chi connectivity index (χ0n) is 10.1. The molecule has 0 aliphatic heterocycles. The fraction of sp³-hybridized carbons (Fsp3) is 0.154. The second-order valence-electron chi connectivity index (χ2n) is 4.08. The molecule has 0 aliphatic rings. The summed E-state index contributed by atoms with van der Waals surface area (Å²) in [6.45, 7) is 0.345. The monoisotopic (exact) mass is 256 g/mol. The Morgan fingerprint density at radius 1 is 1.16 bits per heavy atom. The molecule has 1 aromatic carbocycles. The zero-order chi connectivity index (χ0) is 13.1. The Hall–Kier alpha value is -2.47. The van der Waals surface area contributed by atoms with Crippen molar-refractivity contribution in [3.05, 3.63) is 54.2 Å². The van der Waals surface area contributed by atoms with Crippen molar-refractivity contribution in [1.29, 1.82) is 0 Å². The van der Waals surface area contributed by atoms with E-state index in [1.807, 2.05) is 30.3 Å². The molecule has 0 spiro atoms. The van der Waals surface area contributed by atoms with Gasteiger partial charge in [-0.15, -0.1) is 5.10 Å². The molecule has 0 unspecified atom stereocenters. The number of aliphatic hydroxyl groups is 1. The Morgan fingerprint density at radius 2 is 2.00 bits per heavy atom. The molecule has 19 heavy (non-hydrogen) atoms. The van der Waals surface area contributed by atoms with Crippen LogP contribution in [0, 0.1) is 0 Å². The number of rotatable bonds is 4. The number of nitrogens with zero attached hydrogens (tertiary/aromatic N) is 4. The standard InChI is InChI=1S/C13H12N4O2/c18-8-11-6-17(16-15-11)7-12-9-19-13(14-12)10-4-2-1-3-5-10/h1-6,9,18H,7-8H2. The third-order valence-corrected chi connectivity index (χ3v) is 2.64. The van der Waals surface area contributed by atoms with Crippen LogP contribution < -0.4 is 0 Å². The second kappa shape index (κ2) is 5.03. The number of hydrogen-bond donors (Lipinski definition) is 1. The van der Waals surface area contributed by atoms with E-state index in [1.165, 1.54) is 0 Å². The van der Waals surface area contributed by atoms with E-state index in [0.717, 1.165) is 11.3 Å². The summed E-state index contributed by atoms with van der Waals surface area (Å²) in [6, 6.07) is 9.69. The molecule has 0 saturated carbocycles. The highest BCUT2D eigenvalue weighted by Gasteiger charge is 2.07. The van der Waals surface area contributed by atoms with Crippen molar-refractivity contribution in [1.82, 2.24) is 20.0 Å². The van der Waals surface area contributed by atoms with Crippen molar-refractivity contribution >= 4 is 0 Å². The number of oxazole rings is 1. The molecular weight excluding hydrogens is 244 g/mol. The zero-order valence-corrected chi connectivity index (χ0v) is 10.1. The summed E-state index contributed by atoms with van der Waals surface area (Å²) in [7, 11) is 0. The molecule has 3 rings (SSSR count). The summed E-state index contributed by atoms with van der Waals surface area (Å²) in [6.07, 6.45) is 3.28. The number of aliphatic hydroxyl groups excluding tert-OH is 1. The lowest BCUT2D eigenvalue weighted by Crippen LogP contribution is -2.00. The fourth-order valence-electron chi connectivity index (χ4n) is 1.75. The summed E-state index contributed by atoms with van der Waals surface area (Å²) < 4.78 is 7.04. The molecule has 0 fully saturated rings. The first-order chi connectivity index (χ1) is 9.35. The molecule has 0 radical (unpaired) electrons. The van der Waals surface area contributed by atoms with Crippen molar-refractivity contribution < 1.29 is 9.52 Å². The minimum Gasteiger partial charge on any atom is -0.444 e. The predicted octanol–water partition coefficient (Wildman–Crippen LogP) is 1.47. The number of aromatic nitrogens is 4. The average Bonchev–Trinajstić information content (AvgIpc) is 3.09. The van der Waals surface area contributed by atoms with E-state index in [4.69, 9.17) is 9.52 Å². The minimum absolute atomic E-state index is 0.117. The first-order valence-corrected chi connectivity index (χ1v) is 5.85. The van der Waals surface area contributed by atoms with Crippen LogP contribution in [0.1, 0.15) is 11.4 Å². The average molecular weight is 256 g/mol. The van der Waals surface area contributed by atoms with E-state index in [9.17, 15) is 0 Å². The molecule has 1 N–H and O–H groups in total. The van der Waals surface area contributed by atoms with Gasteiger partial charge in [0.2, 0.25) is 5.89 Å². The first kappa shape index (κ1) is 11.6. The molecule has 2 aromatic heterocycles. The van der Waals surface area contributed by atoms with Crippen LogP contribution in [0.3, 0.4) is 0 Å². The van der Waals surface area contributed by atoms with Crippen LogP contribution in [0.5, 0.6) is 0 Å². The van der Waals surface area contributed by atoms with Crippen LogP contribution in [0.2, 0.25) is 0 Å². The Morgan fingerprint density at radius 3 is 2.74 bits per heavy atom. The quantitative estimate of drug-likeness (QED) is 0.765. The van der Waals surface area contributed by atoms with Crippen molar-refractivity contribution in [3.63, 3.8) is 0 Å². The van der Waals surface area contributed by atoms with Crippen molar-refractivity contribution in [2.75, 3.05) is 0 Å². The molecule has 0 bridgehead atoms. The smallest absolute Gasteiger partial charge is 0.226 e. The van der Waals surface area contributed by atoms with Crippen molar-refractivity contribution in [2.45, 2.75) is 13.2 Å². The molecule has 0 saturated heterocycles. The Bertz CT molecular complexity index is 660. The van der Waals surface area contributed by atoms with Crippen molar-refractivity contribution in [2.24, 2.45) is 0 Å². The van der Waals surface area contributed by atoms with Crippen LogP contribution in [0.4, 0.5) is 0 Å². The molecule has 6 nitrogen and oxygen atoms in total. The topological polar surface area (TPSA) is 77.0 Å². The van der Waals surface area contributed by atoms with Gasteiger partial charge >= 0.3 is 0 Å². The molecule has 2 heterocycles. The summed E-state index contributed by atoms with van der Waals surface area (Å²) in [5.41, 5.74) is 2.23.